The third kappa shape index (κ3) is 7.29. The van der Waals surface area contributed by atoms with Gasteiger partial charge in [-0.15, -0.1) is 0 Å². The minimum atomic E-state index is -1.05. The number of ether oxygens (including phenoxy) is 3. The van der Waals surface area contributed by atoms with Gasteiger partial charge in [-0.1, -0.05) is 49.6 Å². The number of carbonyl (C=O) groups is 1. The van der Waals surface area contributed by atoms with Crippen molar-refractivity contribution in [3.05, 3.63) is 96.9 Å². The van der Waals surface area contributed by atoms with Gasteiger partial charge in [0.25, 0.3) is 0 Å². The highest BCUT2D eigenvalue weighted by molar-refractivity contribution is 5.86. The zero-order valence-electron chi connectivity index (χ0n) is 19.9. The largest absolute Gasteiger partial charge is 0.490 e. The Morgan fingerprint density at radius 1 is 0.914 bits per heavy atom. The summed E-state index contributed by atoms with van der Waals surface area (Å²) in [5, 5.41) is 9.80. The summed E-state index contributed by atoms with van der Waals surface area (Å²) < 4.78 is 30.6. The van der Waals surface area contributed by atoms with E-state index in [2.05, 4.69) is 13.2 Å². The number of rotatable bonds is 11. The molecule has 3 rings (SSSR count). The van der Waals surface area contributed by atoms with Crippen LogP contribution in [-0.2, 0) is 9.53 Å². The Morgan fingerprint density at radius 3 is 2.17 bits per heavy atom. The van der Waals surface area contributed by atoms with Crippen LogP contribution in [0.15, 0.2) is 91.0 Å². The zero-order valence-corrected chi connectivity index (χ0v) is 19.9. The lowest BCUT2D eigenvalue weighted by Crippen LogP contribution is -2.15. The van der Waals surface area contributed by atoms with Crippen molar-refractivity contribution in [2.24, 2.45) is 0 Å². The maximum absolute atomic E-state index is 14.6. The van der Waals surface area contributed by atoms with E-state index in [0.29, 0.717) is 23.3 Å². The molecule has 0 saturated heterocycles. The molecule has 1 N–H and O–H groups in total. The maximum atomic E-state index is 14.6. The molecule has 0 aliphatic heterocycles. The second kappa shape index (κ2) is 12.0. The van der Waals surface area contributed by atoms with Gasteiger partial charge in [0, 0.05) is 12.0 Å². The van der Waals surface area contributed by atoms with E-state index in [1.807, 2.05) is 36.4 Å². The Hall–Kier alpha value is -3.90. The van der Waals surface area contributed by atoms with Crippen molar-refractivity contribution in [2.75, 3.05) is 13.2 Å². The van der Waals surface area contributed by atoms with Crippen molar-refractivity contribution in [1.29, 1.82) is 0 Å². The number of halogens is 1. The highest BCUT2D eigenvalue weighted by atomic mass is 19.1. The summed E-state index contributed by atoms with van der Waals surface area (Å²) in [6.07, 6.45) is -0.608. The third-order valence-corrected chi connectivity index (χ3v) is 5.11. The molecule has 0 amide bonds. The van der Waals surface area contributed by atoms with E-state index in [1.54, 1.807) is 38.1 Å². The standard InChI is InChI=1S/C29H29FO5/c1-19(2)28(31)34-16-6-15-33-27-14-11-24(18-26(27)30)23-8-5-7-22(17-23)21-9-12-25(13-10-21)35-29(32)20(3)4/h5,7-14,17-18,29,32H,1,3,6,15-16H2,2,4H3. The summed E-state index contributed by atoms with van der Waals surface area (Å²) in [7, 11) is 0. The van der Waals surface area contributed by atoms with Crippen molar-refractivity contribution in [2.45, 2.75) is 26.6 Å². The first kappa shape index (κ1) is 25.7. The Morgan fingerprint density at radius 2 is 1.54 bits per heavy atom. The monoisotopic (exact) mass is 476 g/mol. The molecule has 3 aromatic carbocycles. The van der Waals surface area contributed by atoms with Crippen LogP contribution in [0.2, 0.25) is 0 Å². The molecule has 0 saturated carbocycles. The Bertz CT molecular complexity index is 1200. The van der Waals surface area contributed by atoms with Crippen LogP contribution in [0.5, 0.6) is 11.5 Å². The van der Waals surface area contributed by atoms with Gasteiger partial charge in [-0.2, -0.15) is 0 Å². The van der Waals surface area contributed by atoms with Gasteiger partial charge in [0.05, 0.1) is 13.2 Å². The van der Waals surface area contributed by atoms with Gasteiger partial charge in [-0.3, -0.25) is 0 Å². The average Bonchev–Trinajstić information content (AvgIpc) is 2.85. The van der Waals surface area contributed by atoms with Crippen LogP contribution in [0.3, 0.4) is 0 Å². The van der Waals surface area contributed by atoms with Crippen LogP contribution in [0.1, 0.15) is 20.3 Å². The van der Waals surface area contributed by atoms with Crippen LogP contribution in [-0.4, -0.2) is 30.6 Å². The highest BCUT2D eigenvalue weighted by Crippen LogP contribution is 2.30. The van der Waals surface area contributed by atoms with Crippen LogP contribution in [0, 0.1) is 5.82 Å². The van der Waals surface area contributed by atoms with E-state index >= 15 is 0 Å². The number of esters is 1. The molecule has 0 spiro atoms. The van der Waals surface area contributed by atoms with Crippen LogP contribution in [0.25, 0.3) is 22.3 Å². The number of aliphatic hydroxyl groups is 1. The molecule has 0 heterocycles. The van der Waals surface area contributed by atoms with Gasteiger partial charge in [-0.05, 0) is 72.0 Å². The lowest BCUT2D eigenvalue weighted by Gasteiger charge is -2.13. The average molecular weight is 477 g/mol. The Kier molecular flexibility index (Phi) is 8.81. The fourth-order valence-corrected chi connectivity index (χ4v) is 3.16. The molecule has 0 fully saturated rings. The van der Waals surface area contributed by atoms with Gasteiger partial charge in [0.1, 0.15) is 5.75 Å². The molecular weight excluding hydrogens is 447 g/mol. The van der Waals surface area contributed by atoms with E-state index in [9.17, 15) is 14.3 Å². The smallest absolute Gasteiger partial charge is 0.333 e. The topological polar surface area (TPSA) is 65.0 Å². The van der Waals surface area contributed by atoms with Crippen LogP contribution in [0.4, 0.5) is 4.39 Å². The SMILES string of the molecule is C=C(C)C(=O)OCCCOc1ccc(-c2cccc(-c3ccc(OC(O)C(=C)C)cc3)c2)cc1F. The summed E-state index contributed by atoms with van der Waals surface area (Å²) in [6.45, 7) is 10.9. The van der Waals surface area contributed by atoms with E-state index < -0.39 is 18.1 Å². The van der Waals surface area contributed by atoms with Gasteiger partial charge < -0.3 is 19.3 Å². The second-order valence-corrected chi connectivity index (χ2v) is 8.19. The molecule has 1 atom stereocenters. The first-order valence-corrected chi connectivity index (χ1v) is 11.2. The molecule has 0 aliphatic carbocycles. The van der Waals surface area contributed by atoms with Gasteiger partial charge >= 0.3 is 5.97 Å². The summed E-state index contributed by atoms with van der Waals surface area (Å²) in [6, 6.07) is 19.9. The van der Waals surface area contributed by atoms with Crippen molar-refractivity contribution >= 4 is 5.97 Å². The molecule has 0 aliphatic rings. The predicted molar refractivity (Wildman–Crippen MR) is 135 cm³/mol. The van der Waals surface area contributed by atoms with Gasteiger partial charge in [0.2, 0.25) is 6.29 Å². The Balaban J connectivity index is 1.64. The fourth-order valence-electron chi connectivity index (χ4n) is 3.16. The Labute approximate surface area is 205 Å². The lowest BCUT2D eigenvalue weighted by atomic mass is 9.99. The van der Waals surface area contributed by atoms with Crippen LogP contribution >= 0.6 is 0 Å². The van der Waals surface area contributed by atoms with E-state index in [0.717, 1.165) is 22.3 Å². The first-order valence-electron chi connectivity index (χ1n) is 11.2. The van der Waals surface area contributed by atoms with Gasteiger partial charge in [-0.25, -0.2) is 9.18 Å². The second-order valence-electron chi connectivity index (χ2n) is 8.19. The molecule has 6 heteroatoms. The number of hydrogen-bond acceptors (Lipinski definition) is 5. The van der Waals surface area contributed by atoms with E-state index in [-0.39, 0.29) is 19.0 Å². The molecule has 35 heavy (non-hydrogen) atoms. The molecule has 0 bridgehead atoms. The van der Waals surface area contributed by atoms with Crippen LogP contribution < -0.4 is 9.47 Å². The summed E-state index contributed by atoms with van der Waals surface area (Å²) in [5.74, 6) is -0.242. The molecule has 182 valence electrons. The minimum Gasteiger partial charge on any atom is -0.490 e. The molecule has 3 aromatic rings. The van der Waals surface area contributed by atoms with Crippen molar-refractivity contribution in [3.63, 3.8) is 0 Å². The van der Waals surface area contributed by atoms with E-state index in [1.165, 1.54) is 6.07 Å². The van der Waals surface area contributed by atoms with Crippen molar-refractivity contribution < 1.29 is 28.5 Å². The lowest BCUT2D eigenvalue weighted by molar-refractivity contribution is -0.139. The molecule has 0 aromatic heterocycles. The number of hydrogen-bond donors (Lipinski definition) is 1. The fraction of sp³-hybridized carbons (Fsp3) is 0.207. The summed E-state index contributed by atoms with van der Waals surface area (Å²) >= 11 is 0. The number of benzene rings is 3. The van der Waals surface area contributed by atoms with Gasteiger partial charge in [0.15, 0.2) is 11.6 Å². The molecule has 1 unspecified atom stereocenters. The zero-order chi connectivity index (χ0) is 25.4. The summed E-state index contributed by atoms with van der Waals surface area (Å²) in [5.41, 5.74) is 4.35. The van der Waals surface area contributed by atoms with Crippen molar-refractivity contribution in [1.82, 2.24) is 0 Å². The molecule has 5 nitrogen and oxygen atoms in total. The molecule has 0 radical (unpaired) electrons. The maximum Gasteiger partial charge on any atom is 0.333 e. The number of carbonyl (C=O) groups excluding carboxylic acids is 1. The summed E-state index contributed by atoms with van der Waals surface area (Å²) in [4.78, 5) is 11.4. The first-order chi connectivity index (χ1) is 16.7. The quantitative estimate of drug-likeness (QED) is 0.115. The normalized spacial score (nSPS) is 11.4. The molecular formula is C29H29FO5. The van der Waals surface area contributed by atoms with Crippen molar-refractivity contribution in [3.8, 4) is 33.8 Å². The van der Waals surface area contributed by atoms with E-state index in [4.69, 9.17) is 14.2 Å². The third-order valence-electron chi connectivity index (χ3n) is 5.11. The minimum absolute atomic E-state index is 0.142. The highest BCUT2D eigenvalue weighted by Gasteiger charge is 2.10. The predicted octanol–water partition coefficient (Wildman–Crippen LogP) is 6.32. The number of aliphatic hydroxyl groups excluding tert-OH is 1.